The van der Waals surface area contributed by atoms with E-state index in [1.165, 1.54) is 67.4 Å². The molecule has 0 saturated heterocycles. The first-order valence-corrected chi connectivity index (χ1v) is 12.2. The SMILES string of the molecule is CC1=C(C(=O)O)C(c2cccc([N+](=O)[O-])c2)N(CCCN(C)S(=O)(=O)c2ccc(Cl)cc2)C(=O)N1. The molecule has 1 heterocycles. The molecule has 1 atom stereocenters. The van der Waals surface area contributed by atoms with Gasteiger partial charge >= 0.3 is 12.0 Å². The number of benzene rings is 2. The predicted molar refractivity (Wildman–Crippen MR) is 127 cm³/mol. The number of nitro groups is 1. The number of sulfonamides is 1. The number of hydrogen-bond donors (Lipinski definition) is 2. The average Bonchev–Trinajstić information content (AvgIpc) is 2.80. The Balaban J connectivity index is 1.85. The van der Waals surface area contributed by atoms with E-state index in [2.05, 4.69) is 5.32 Å². The molecule has 186 valence electrons. The number of rotatable bonds is 9. The summed E-state index contributed by atoms with van der Waals surface area (Å²) in [6.07, 6.45) is 0.175. The van der Waals surface area contributed by atoms with Crippen molar-refractivity contribution in [3.05, 3.63) is 80.5 Å². The van der Waals surface area contributed by atoms with Gasteiger partial charge in [0.05, 0.1) is 21.4 Å². The van der Waals surface area contributed by atoms with E-state index in [-0.39, 0.29) is 46.9 Å². The van der Waals surface area contributed by atoms with E-state index in [4.69, 9.17) is 11.6 Å². The lowest BCUT2D eigenvalue weighted by molar-refractivity contribution is -0.384. The fourth-order valence-corrected chi connectivity index (χ4v) is 5.15. The molecule has 1 unspecified atom stereocenters. The number of aliphatic carboxylic acids is 1. The predicted octanol–water partition coefficient (Wildman–Crippen LogP) is 3.38. The van der Waals surface area contributed by atoms with E-state index >= 15 is 0 Å². The van der Waals surface area contributed by atoms with Gasteiger partial charge in [-0.3, -0.25) is 10.1 Å². The number of hydrogen-bond acceptors (Lipinski definition) is 6. The van der Waals surface area contributed by atoms with Crippen molar-refractivity contribution in [2.24, 2.45) is 0 Å². The molecule has 1 aliphatic heterocycles. The number of non-ortho nitro benzene ring substituents is 1. The van der Waals surface area contributed by atoms with Crippen LogP contribution in [0.3, 0.4) is 0 Å². The summed E-state index contributed by atoms with van der Waals surface area (Å²) in [7, 11) is -2.41. The number of carbonyl (C=O) groups is 2. The monoisotopic (exact) mass is 522 g/mol. The van der Waals surface area contributed by atoms with Crippen LogP contribution in [0, 0.1) is 10.1 Å². The number of halogens is 1. The van der Waals surface area contributed by atoms with Gasteiger partial charge in [-0.1, -0.05) is 23.7 Å². The summed E-state index contributed by atoms with van der Waals surface area (Å²) in [6.45, 7) is 1.46. The first-order valence-electron chi connectivity index (χ1n) is 10.4. The highest BCUT2D eigenvalue weighted by atomic mass is 35.5. The molecule has 0 saturated carbocycles. The van der Waals surface area contributed by atoms with Gasteiger partial charge in [-0.05, 0) is 43.2 Å². The number of nitro benzene ring substituents is 1. The first-order chi connectivity index (χ1) is 16.4. The summed E-state index contributed by atoms with van der Waals surface area (Å²) in [5, 5.41) is 24.0. The van der Waals surface area contributed by atoms with Gasteiger partial charge in [0.15, 0.2) is 0 Å². The van der Waals surface area contributed by atoms with Crippen LogP contribution in [-0.4, -0.2) is 59.8 Å². The van der Waals surface area contributed by atoms with Crippen molar-refractivity contribution in [2.75, 3.05) is 20.1 Å². The second-order valence-electron chi connectivity index (χ2n) is 7.86. The Labute approximate surface area is 206 Å². The molecule has 0 spiro atoms. The van der Waals surface area contributed by atoms with Crippen molar-refractivity contribution in [3.63, 3.8) is 0 Å². The van der Waals surface area contributed by atoms with Gasteiger partial charge in [-0.15, -0.1) is 0 Å². The fourth-order valence-electron chi connectivity index (χ4n) is 3.81. The first kappa shape index (κ1) is 26.1. The largest absolute Gasteiger partial charge is 0.478 e. The molecule has 0 aromatic heterocycles. The third-order valence-electron chi connectivity index (χ3n) is 5.57. The Morgan fingerprint density at radius 3 is 2.51 bits per heavy atom. The molecule has 0 aliphatic carbocycles. The Morgan fingerprint density at radius 1 is 1.26 bits per heavy atom. The second-order valence-corrected chi connectivity index (χ2v) is 10.3. The van der Waals surface area contributed by atoms with E-state index in [1.54, 1.807) is 0 Å². The van der Waals surface area contributed by atoms with Gasteiger partial charge in [0, 0.05) is 43.0 Å². The lowest BCUT2D eigenvalue weighted by atomic mass is 9.93. The van der Waals surface area contributed by atoms with Crippen LogP contribution in [0.1, 0.15) is 24.9 Å². The maximum atomic E-state index is 12.8. The van der Waals surface area contributed by atoms with Gasteiger partial charge in [0.25, 0.3) is 5.69 Å². The van der Waals surface area contributed by atoms with Crippen molar-refractivity contribution in [2.45, 2.75) is 24.3 Å². The number of carbonyl (C=O) groups excluding carboxylic acids is 1. The van der Waals surface area contributed by atoms with Gasteiger partial charge in [-0.25, -0.2) is 22.3 Å². The minimum Gasteiger partial charge on any atom is -0.478 e. The van der Waals surface area contributed by atoms with E-state index < -0.39 is 33.0 Å². The summed E-state index contributed by atoms with van der Waals surface area (Å²) < 4.78 is 26.7. The molecule has 2 N–H and O–H groups in total. The molecule has 13 heteroatoms. The molecular formula is C22H23ClN4O7S. The molecule has 0 bridgehead atoms. The van der Waals surface area contributed by atoms with Crippen LogP contribution in [0.25, 0.3) is 0 Å². The number of urea groups is 1. The summed E-state index contributed by atoms with van der Waals surface area (Å²) in [4.78, 5) is 36.8. The van der Waals surface area contributed by atoms with Crippen molar-refractivity contribution in [1.29, 1.82) is 0 Å². The molecule has 2 amide bonds. The summed E-state index contributed by atoms with van der Waals surface area (Å²) in [6, 6.07) is 9.43. The zero-order valence-electron chi connectivity index (χ0n) is 18.8. The molecule has 1 aliphatic rings. The standard InChI is InChI=1S/C22H23ClN4O7S/c1-14-19(21(28)29)20(15-5-3-6-17(13-15)27(31)32)26(22(30)24-14)12-4-11-25(2)35(33,34)18-9-7-16(23)8-10-18/h3,5-10,13,20H,4,11-12H2,1-2H3,(H,24,30)(H,28,29). The number of nitrogens with zero attached hydrogens (tertiary/aromatic N) is 3. The Bertz CT molecular complexity index is 1300. The van der Waals surface area contributed by atoms with Crippen LogP contribution in [0.2, 0.25) is 5.02 Å². The minimum atomic E-state index is -3.81. The summed E-state index contributed by atoms with van der Waals surface area (Å²) in [5.74, 6) is -1.29. The lowest BCUT2D eigenvalue weighted by Crippen LogP contribution is -2.49. The zero-order chi connectivity index (χ0) is 25.9. The molecule has 2 aromatic carbocycles. The normalized spacial score (nSPS) is 16.4. The Hall–Kier alpha value is -3.48. The fraction of sp³-hybridized carbons (Fsp3) is 0.273. The minimum absolute atomic E-state index is 0.0102. The molecule has 2 aromatic rings. The van der Waals surface area contributed by atoms with E-state index in [1.807, 2.05) is 0 Å². The smallest absolute Gasteiger partial charge is 0.335 e. The quantitative estimate of drug-likeness (QED) is 0.378. The van der Waals surface area contributed by atoms with Crippen LogP contribution in [0.4, 0.5) is 10.5 Å². The van der Waals surface area contributed by atoms with Crippen molar-refractivity contribution in [1.82, 2.24) is 14.5 Å². The number of carboxylic acid groups (broad SMARTS) is 1. The maximum Gasteiger partial charge on any atom is 0.335 e. The average molecular weight is 523 g/mol. The Morgan fingerprint density at radius 2 is 1.91 bits per heavy atom. The van der Waals surface area contributed by atoms with Crippen LogP contribution in [0.5, 0.6) is 0 Å². The molecule has 35 heavy (non-hydrogen) atoms. The van der Waals surface area contributed by atoms with Crippen LogP contribution < -0.4 is 5.32 Å². The lowest BCUT2D eigenvalue weighted by Gasteiger charge is -2.37. The topological polar surface area (TPSA) is 150 Å². The van der Waals surface area contributed by atoms with Crippen molar-refractivity contribution in [3.8, 4) is 0 Å². The third-order valence-corrected chi connectivity index (χ3v) is 7.69. The molecule has 0 fully saturated rings. The van der Waals surface area contributed by atoms with Crippen LogP contribution in [0.15, 0.2) is 64.7 Å². The highest BCUT2D eigenvalue weighted by Gasteiger charge is 2.38. The number of allylic oxidation sites excluding steroid dienone is 1. The molecule has 0 radical (unpaired) electrons. The van der Waals surface area contributed by atoms with Crippen molar-refractivity contribution < 1.29 is 28.0 Å². The van der Waals surface area contributed by atoms with Gasteiger partial charge < -0.3 is 15.3 Å². The highest BCUT2D eigenvalue weighted by Crippen LogP contribution is 2.35. The molecular weight excluding hydrogens is 500 g/mol. The number of nitrogens with one attached hydrogen (secondary N) is 1. The third kappa shape index (κ3) is 5.61. The summed E-state index contributed by atoms with van der Waals surface area (Å²) >= 11 is 5.83. The second kappa shape index (κ2) is 10.4. The van der Waals surface area contributed by atoms with E-state index in [0.717, 1.165) is 4.31 Å². The van der Waals surface area contributed by atoms with Gasteiger partial charge in [-0.2, -0.15) is 0 Å². The van der Waals surface area contributed by atoms with Gasteiger partial charge in [0.1, 0.15) is 0 Å². The zero-order valence-corrected chi connectivity index (χ0v) is 20.4. The van der Waals surface area contributed by atoms with E-state index in [0.29, 0.717) is 5.02 Å². The van der Waals surface area contributed by atoms with Crippen molar-refractivity contribution >= 4 is 39.3 Å². The summed E-state index contributed by atoms with van der Waals surface area (Å²) in [5.41, 5.74) is 0.00230. The van der Waals surface area contributed by atoms with E-state index in [9.17, 15) is 33.2 Å². The van der Waals surface area contributed by atoms with Crippen LogP contribution in [-0.2, 0) is 14.8 Å². The molecule has 3 rings (SSSR count). The van der Waals surface area contributed by atoms with Gasteiger partial charge in [0.2, 0.25) is 10.0 Å². The highest BCUT2D eigenvalue weighted by molar-refractivity contribution is 7.89. The number of carboxylic acids is 1. The Kier molecular flexibility index (Phi) is 7.78. The molecule has 11 nitrogen and oxygen atoms in total. The van der Waals surface area contributed by atoms with Crippen LogP contribution >= 0.6 is 11.6 Å². The maximum absolute atomic E-state index is 12.8. The number of amides is 2.